The molecule has 126 valence electrons. The predicted octanol–water partition coefficient (Wildman–Crippen LogP) is 3.23. The Bertz CT molecular complexity index is 716. The Kier molecular flexibility index (Phi) is 4.22. The van der Waals surface area contributed by atoms with E-state index in [1.807, 2.05) is 24.3 Å². The minimum atomic E-state index is -0.0736. The van der Waals surface area contributed by atoms with Gasteiger partial charge < -0.3 is 14.8 Å². The van der Waals surface area contributed by atoms with E-state index in [-0.39, 0.29) is 17.4 Å². The minimum Gasteiger partial charge on any atom is -0.485 e. The van der Waals surface area contributed by atoms with E-state index in [1.54, 1.807) is 18.1 Å². The average Bonchev–Trinajstić information content (AvgIpc) is 3.06. The van der Waals surface area contributed by atoms with E-state index < -0.39 is 0 Å². The van der Waals surface area contributed by atoms with Crippen LogP contribution >= 0.6 is 11.8 Å². The molecule has 1 aromatic carbocycles. The lowest BCUT2D eigenvalue weighted by molar-refractivity contribution is 0.120. The first kappa shape index (κ1) is 15.6. The molecule has 4 atom stereocenters. The highest BCUT2D eigenvalue weighted by molar-refractivity contribution is 8.04. The summed E-state index contributed by atoms with van der Waals surface area (Å²) in [5, 5.41) is 3.37. The van der Waals surface area contributed by atoms with Gasteiger partial charge in [0.1, 0.15) is 17.8 Å². The van der Waals surface area contributed by atoms with Gasteiger partial charge in [0.25, 0.3) is 0 Å². The molecule has 0 radical (unpaired) electrons. The van der Waals surface area contributed by atoms with E-state index in [1.165, 1.54) is 4.91 Å². The second-order valence-electron chi connectivity index (χ2n) is 6.16. The molecule has 0 amide bonds. The molecular weight excluding hydrogens is 322 g/mol. The van der Waals surface area contributed by atoms with E-state index in [4.69, 9.17) is 14.5 Å². The van der Waals surface area contributed by atoms with Crippen molar-refractivity contribution in [1.82, 2.24) is 5.32 Å². The lowest BCUT2D eigenvalue weighted by Crippen LogP contribution is -2.38. The van der Waals surface area contributed by atoms with Crippen molar-refractivity contribution in [3.05, 3.63) is 35.2 Å². The van der Waals surface area contributed by atoms with Crippen LogP contribution in [0.15, 0.2) is 45.2 Å². The van der Waals surface area contributed by atoms with Crippen LogP contribution in [0.3, 0.4) is 0 Å². The first-order valence-corrected chi connectivity index (χ1v) is 9.25. The van der Waals surface area contributed by atoms with Crippen molar-refractivity contribution >= 4 is 23.9 Å². The normalized spacial score (nSPS) is 30.5. The summed E-state index contributed by atoms with van der Waals surface area (Å²) in [6.45, 7) is 4.82. The standard InChI is InChI=1S/C18H21N3O2S/c1-3-11(2)21-17-12-8-16(24-18(12)20-10-19-17)15-9-22-13-6-4-5-7-14(13)23-15/h4-8,10-12,15,18H,3,9H2,1-2H3,(H,19,20,21)/t11-,12+,15-,18+/m0/s1. The summed E-state index contributed by atoms with van der Waals surface area (Å²) in [7, 11) is 0. The quantitative estimate of drug-likeness (QED) is 0.915. The number of amidine groups is 1. The summed E-state index contributed by atoms with van der Waals surface area (Å²) in [4.78, 5) is 10.5. The highest BCUT2D eigenvalue weighted by Crippen LogP contribution is 2.43. The number of hydrogen-bond acceptors (Lipinski definition) is 5. The van der Waals surface area contributed by atoms with E-state index >= 15 is 0 Å². The Hall–Kier alpha value is -1.95. The number of fused-ring (bicyclic) bond motifs is 2. The molecule has 6 heteroatoms. The van der Waals surface area contributed by atoms with Gasteiger partial charge in [0.15, 0.2) is 17.6 Å². The number of ether oxygens (including phenoxy) is 2. The summed E-state index contributed by atoms with van der Waals surface area (Å²) in [5.41, 5.74) is 0. The van der Waals surface area contributed by atoms with Crippen LogP contribution in [0.5, 0.6) is 11.5 Å². The number of thioether (sulfide) groups is 1. The molecule has 0 unspecified atom stereocenters. The summed E-state index contributed by atoms with van der Waals surface area (Å²) >= 11 is 1.75. The summed E-state index contributed by atoms with van der Waals surface area (Å²) in [6, 6.07) is 8.12. The lowest BCUT2D eigenvalue weighted by Gasteiger charge is -2.27. The van der Waals surface area contributed by atoms with E-state index in [0.29, 0.717) is 12.6 Å². The number of nitrogens with zero attached hydrogens (tertiary/aromatic N) is 2. The van der Waals surface area contributed by atoms with Crippen molar-refractivity contribution < 1.29 is 9.47 Å². The van der Waals surface area contributed by atoms with Gasteiger partial charge >= 0.3 is 0 Å². The molecule has 1 aromatic rings. The van der Waals surface area contributed by atoms with Gasteiger partial charge in [-0.3, -0.25) is 9.98 Å². The van der Waals surface area contributed by atoms with Crippen LogP contribution in [0.4, 0.5) is 0 Å². The van der Waals surface area contributed by atoms with Crippen molar-refractivity contribution in [3.8, 4) is 11.5 Å². The third kappa shape index (κ3) is 2.90. The third-order valence-corrected chi connectivity index (χ3v) is 5.76. The fourth-order valence-corrected chi connectivity index (χ4v) is 4.16. The largest absolute Gasteiger partial charge is 0.485 e. The Balaban J connectivity index is 1.55. The van der Waals surface area contributed by atoms with Gasteiger partial charge in [0, 0.05) is 10.9 Å². The molecular formula is C18H21N3O2S. The fourth-order valence-electron chi connectivity index (χ4n) is 2.92. The van der Waals surface area contributed by atoms with Crippen LogP contribution in [0.2, 0.25) is 0 Å². The van der Waals surface area contributed by atoms with Crippen LogP contribution in [0.25, 0.3) is 0 Å². The molecule has 24 heavy (non-hydrogen) atoms. The molecule has 5 nitrogen and oxygen atoms in total. The van der Waals surface area contributed by atoms with Crippen LogP contribution in [0.1, 0.15) is 20.3 Å². The topological polar surface area (TPSA) is 55.2 Å². The number of nitrogens with one attached hydrogen (secondary N) is 1. The van der Waals surface area contributed by atoms with Gasteiger partial charge in [-0.05, 0) is 25.5 Å². The second-order valence-corrected chi connectivity index (χ2v) is 7.35. The number of benzene rings is 1. The predicted molar refractivity (Wildman–Crippen MR) is 98.1 cm³/mol. The minimum absolute atomic E-state index is 0.0736. The van der Waals surface area contributed by atoms with Crippen molar-refractivity contribution in [2.24, 2.45) is 15.9 Å². The fraction of sp³-hybridized carbons (Fsp3) is 0.444. The van der Waals surface area contributed by atoms with Crippen LogP contribution < -0.4 is 14.8 Å². The summed E-state index contributed by atoms with van der Waals surface area (Å²) < 4.78 is 12.0. The molecule has 0 aromatic heterocycles. The van der Waals surface area contributed by atoms with E-state index in [0.717, 1.165) is 23.8 Å². The van der Waals surface area contributed by atoms with Crippen LogP contribution in [-0.2, 0) is 0 Å². The highest BCUT2D eigenvalue weighted by Gasteiger charge is 2.38. The van der Waals surface area contributed by atoms with Gasteiger partial charge in [0.05, 0.1) is 12.3 Å². The SMILES string of the molecule is CC[C@H](C)N=C1NC=N[C@@H]2SC([C@@H]3COc4ccccc4O3)=C[C@H]12. The Morgan fingerprint density at radius 1 is 1.38 bits per heavy atom. The van der Waals surface area contributed by atoms with Crippen molar-refractivity contribution in [1.29, 1.82) is 0 Å². The van der Waals surface area contributed by atoms with Gasteiger partial charge in [-0.1, -0.05) is 36.9 Å². The number of para-hydroxylation sites is 2. The molecule has 0 spiro atoms. The van der Waals surface area contributed by atoms with Crippen LogP contribution in [-0.4, -0.2) is 36.3 Å². The van der Waals surface area contributed by atoms with E-state index in [2.05, 4.69) is 30.2 Å². The molecule has 3 heterocycles. The maximum Gasteiger partial charge on any atom is 0.163 e. The summed E-state index contributed by atoms with van der Waals surface area (Å²) in [5.74, 6) is 2.81. The van der Waals surface area contributed by atoms with Crippen molar-refractivity contribution in [3.63, 3.8) is 0 Å². The molecule has 4 rings (SSSR count). The Morgan fingerprint density at radius 2 is 2.21 bits per heavy atom. The maximum atomic E-state index is 6.13. The van der Waals surface area contributed by atoms with Crippen molar-refractivity contribution in [2.45, 2.75) is 37.8 Å². The smallest absolute Gasteiger partial charge is 0.163 e. The number of rotatable bonds is 3. The zero-order chi connectivity index (χ0) is 16.5. The zero-order valence-electron chi connectivity index (χ0n) is 13.8. The van der Waals surface area contributed by atoms with Gasteiger partial charge in [-0.2, -0.15) is 0 Å². The van der Waals surface area contributed by atoms with Crippen molar-refractivity contribution in [2.75, 3.05) is 6.61 Å². The molecule has 3 aliphatic heterocycles. The average molecular weight is 343 g/mol. The van der Waals surface area contributed by atoms with Gasteiger partial charge in [-0.15, -0.1) is 0 Å². The number of hydrogen-bond donors (Lipinski definition) is 1. The molecule has 0 aliphatic carbocycles. The van der Waals surface area contributed by atoms with E-state index in [9.17, 15) is 0 Å². The molecule has 0 saturated carbocycles. The second kappa shape index (κ2) is 6.51. The molecule has 0 fully saturated rings. The Morgan fingerprint density at radius 3 is 3.04 bits per heavy atom. The molecule has 1 N–H and O–H groups in total. The third-order valence-electron chi connectivity index (χ3n) is 4.43. The molecule has 3 aliphatic rings. The Labute approximate surface area is 146 Å². The molecule has 0 bridgehead atoms. The molecule has 0 saturated heterocycles. The van der Waals surface area contributed by atoms with Gasteiger partial charge in [-0.25, -0.2) is 0 Å². The monoisotopic (exact) mass is 343 g/mol. The first-order chi connectivity index (χ1) is 11.7. The number of aliphatic imine (C=N–C) groups is 2. The highest BCUT2D eigenvalue weighted by atomic mass is 32.2. The van der Waals surface area contributed by atoms with Gasteiger partial charge in [0.2, 0.25) is 0 Å². The maximum absolute atomic E-state index is 6.13. The lowest BCUT2D eigenvalue weighted by atomic mass is 10.1. The first-order valence-electron chi connectivity index (χ1n) is 8.37. The summed E-state index contributed by atoms with van der Waals surface area (Å²) in [6.07, 6.45) is 4.96. The van der Waals surface area contributed by atoms with Crippen LogP contribution in [0, 0.1) is 5.92 Å². The zero-order valence-corrected chi connectivity index (χ0v) is 14.6.